The molecule has 1 unspecified atom stereocenters. The van der Waals surface area contributed by atoms with Crippen molar-refractivity contribution < 1.29 is 18.0 Å². The number of rotatable bonds is 6. The van der Waals surface area contributed by atoms with Crippen LogP contribution in [0.3, 0.4) is 0 Å². The van der Waals surface area contributed by atoms with E-state index in [0.29, 0.717) is 16.7 Å². The van der Waals surface area contributed by atoms with Gasteiger partial charge in [-0.2, -0.15) is 5.10 Å². The highest BCUT2D eigenvalue weighted by Gasteiger charge is 2.32. The smallest absolute Gasteiger partial charge is 0.242 e. The Bertz CT molecular complexity index is 1580. The molecule has 5 rings (SSSR count). The third-order valence-electron chi connectivity index (χ3n) is 5.88. The van der Waals surface area contributed by atoms with Crippen LogP contribution in [-0.4, -0.2) is 41.4 Å². The maximum Gasteiger partial charge on any atom is 0.242 e. The topological polar surface area (TPSA) is 138 Å². The summed E-state index contributed by atoms with van der Waals surface area (Å²) < 4.78 is 29.0. The fraction of sp³-hybridized carbons (Fsp3) is 0.208. The molecule has 1 amide bonds. The van der Waals surface area contributed by atoms with Crippen LogP contribution in [0.25, 0.3) is 5.00 Å². The predicted octanol–water partition coefficient (Wildman–Crippen LogP) is 4.17. The molecule has 0 aliphatic carbocycles. The number of aliphatic imine (C=N–C) groups is 1. The van der Waals surface area contributed by atoms with E-state index in [9.17, 15) is 13.6 Å². The van der Waals surface area contributed by atoms with Gasteiger partial charge in [0.1, 0.15) is 22.6 Å². The molecule has 13 heteroatoms. The van der Waals surface area contributed by atoms with Gasteiger partial charge in [0.05, 0.1) is 18.3 Å². The summed E-state index contributed by atoms with van der Waals surface area (Å²) in [5, 5.41) is 13.9. The van der Waals surface area contributed by atoms with Crippen LogP contribution < -0.4 is 5.43 Å². The summed E-state index contributed by atoms with van der Waals surface area (Å²) >= 11 is 5.28. The standard InChI is InChI=1S/C24H21ClN6O4S2/c1-12-13(2)36-24-21(12)22(15-4-6-16(25)7-5-15)27-18(23-30-28-14(3)31(23)24)10-19(32)29-26-11-17-8-9-20(35-17)37(33)34/h4-9,11,18H,10H2,1-3H3,(H,29,32)(H,33,34)/p-1/b26-11+/t18-/m0/s1. The van der Waals surface area contributed by atoms with Crippen LogP contribution in [0, 0.1) is 20.8 Å². The highest BCUT2D eigenvalue weighted by Crippen LogP contribution is 2.39. The number of aryl methyl sites for hydroxylation is 2. The van der Waals surface area contributed by atoms with Crippen LogP contribution in [0.4, 0.5) is 0 Å². The Hall–Kier alpha value is -3.45. The maximum absolute atomic E-state index is 12.9. The van der Waals surface area contributed by atoms with Crippen LogP contribution >= 0.6 is 22.9 Å². The van der Waals surface area contributed by atoms with Crippen LogP contribution in [0.1, 0.15) is 51.4 Å². The average molecular weight is 556 g/mol. The molecule has 2 atom stereocenters. The fourth-order valence-corrected chi connectivity index (χ4v) is 5.70. The Morgan fingerprint density at radius 3 is 2.70 bits per heavy atom. The molecule has 0 saturated heterocycles. The van der Waals surface area contributed by atoms with Gasteiger partial charge in [0.25, 0.3) is 0 Å². The first kappa shape index (κ1) is 25.2. The first-order valence-corrected chi connectivity index (χ1v) is 13.4. The second kappa shape index (κ2) is 10.1. The third-order valence-corrected chi connectivity index (χ3v) is 7.88. The molecule has 190 valence electrons. The van der Waals surface area contributed by atoms with Gasteiger partial charge in [-0.3, -0.25) is 18.6 Å². The molecule has 37 heavy (non-hydrogen) atoms. The Balaban J connectivity index is 1.49. The van der Waals surface area contributed by atoms with Crippen molar-refractivity contribution in [3.8, 4) is 5.00 Å². The first-order valence-electron chi connectivity index (χ1n) is 11.1. The quantitative estimate of drug-likeness (QED) is 0.215. The second-order valence-corrected chi connectivity index (χ2v) is 10.8. The number of nitrogens with zero attached hydrogens (tertiary/aromatic N) is 5. The van der Waals surface area contributed by atoms with Gasteiger partial charge in [-0.05, 0) is 50.6 Å². The highest BCUT2D eigenvalue weighted by molar-refractivity contribution is 7.79. The van der Waals surface area contributed by atoms with Crippen molar-refractivity contribution in [1.82, 2.24) is 20.2 Å². The number of halogens is 1. The minimum Gasteiger partial charge on any atom is -0.766 e. The summed E-state index contributed by atoms with van der Waals surface area (Å²) in [5.41, 5.74) is 6.13. The van der Waals surface area contributed by atoms with Crippen molar-refractivity contribution in [1.29, 1.82) is 0 Å². The lowest BCUT2D eigenvalue weighted by Gasteiger charge is -2.12. The lowest BCUT2D eigenvalue weighted by molar-refractivity contribution is -0.121. The molecule has 0 spiro atoms. The highest BCUT2D eigenvalue weighted by atomic mass is 35.5. The number of aromatic nitrogens is 3. The Labute approximate surface area is 223 Å². The van der Waals surface area contributed by atoms with Crippen LogP contribution in [0.5, 0.6) is 0 Å². The molecule has 1 N–H and O–H groups in total. The number of thiophene rings is 1. The lowest BCUT2D eigenvalue weighted by atomic mass is 9.99. The van der Waals surface area contributed by atoms with Gasteiger partial charge >= 0.3 is 0 Å². The molecule has 0 fully saturated rings. The van der Waals surface area contributed by atoms with E-state index in [4.69, 9.17) is 21.0 Å². The van der Waals surface area contributed by atoms with Crippen LogP contribution in [0.2, 0.25) is 5.02 Å². The average Bonchev–Trinajstić information content (AvgIpc) is 3.53. The van der Waals surface area contributed by atoms with E-state index in [-0.39, 0.29) is 17.3 Å². The van der Waals surface area contributed by atoms with Crippen molar-refractivity contribution >= 4 is 51.9 Å². The van der Waals surface area contributed by atoms with E-state index < -0.39 is 23.0 Å². The van der Waals surface area contributed by atoms with E-state index in [1.165, 1.54) is 18.3 Å². The molecular weight excluding hydrogens is 536 g/mol. The summed E-state index contributed by atoms with van der Waals surface area (Å²) in [6, 6.07) is 9.52. The molecule has 0 radical (unpaired) electrons. The number of furan rings is 1. The SMILES string of the molecule is Cc1sc2c(c1C)C(c1ccc(Cl)cc1)=N[C@@H](CC(=O)N/N=C/c1ccc(S(=O)[O-])o1)c1nnc(C)n1-2. The molecule has 3 aromatic heterocycles. The van der Waals surface area contributed by atoms with E-state index in [1.807, 2.05) is 35.8 Å². The number of hydrogen-bond donors (Lipinski definition) is 1. The zero-order valence-corrected chi connectivity index (χ0v) is 22.3. The molecule has 1 aromatic carbocycles. The van der Waals surface area contributed by atoms with Crippen molar-refractivity contribution in [3.63, 3.8) is 0 Å². The minimum absolute atomic E-state index is 0.0481. The second-order valence-electron chi connectivity index (χ2n) is 8.29. The van der Waals surface area contributed by atoms with E-state index in [1.54, 1.807) is 11.3 Å². The lowest BCUT2D eigenvalue weighted by Crippen LogP contribution is -2.21. The van der Waals surface area contributed by atoms with Crippen LogP contribution in [0.15, 0.2) is 56.0 Å². The monoisotopic (exact) mass is 555 g/mol. The molecule has 1 aliphatic heterocycles. The normalized spacial score (nSPS) is 15.7. The van der Waals surface area contributed by atoms with E-state index in [0.717, 1.165) is 32.3 Å². The molecule has 0 bridgehead atoms. The van der Waals surface area contributed by atoms with Crippen LogP contribution in [-0.2, 0) is 15.9 Å². The summed E-state index contributed by atoms with van der Waals surface area (Å²) in [4.78, 5) is 19.1. The zero-order chi connectivity index (χ0) is 26.3. The number of hydrogen-bond acceptors (Lipinski definition) is 9. The van der Waals surface area contributed by atoms with E-state index in [2.05, 4.69) is 34.6 Å². The molecule has 4 heterocycles. The van der Waals surface area contributed by atoms with Gasteiger partial charge in [0.15, 0.2) is 10.9 Å². The number of carbonyl (C=O) groups excluding carboxylic acids is 1. The van der Waals surface area contributed by atoms with Crippen molar-refractivity contribution in [3.05, 3.63) is 80.4 Å². The summed E-state index contributed by atoms with van der Waals surface area (Å²) in [6.45, 7) is 5.98. The summed E-state index contributed by atoms with van der Waals surface area (Å²) in [5.74, 6) is 1.02. The Morgan fingerprint density at radius 1 is 1.24 bits per heavy atom. The molecular formula is C24H20ClN6O4S2-. The molecule has 0 saturated carbocycles. The number of benzene rings is 1. The maximum atomic E-state index is 12.9. The molecule has 10 nitrogen and oxygen atoms in total. The number of nitrogens with one attached hydrogen (secondary N) is 1. The number of hydrazone groups is 1. The van der Waals surface area contributed by atoms with Gasteiger partial charge in [0.2, 0.25) is 5.91 Å². The fourth-order valence-electron chi connectivity index (χ4n) is 4.01. The first-order chi connectivity index (χ1) is 17.7. The number of fused-ring (bicyclic) bond motifs is 3. The predicted molar refractivity (Wildman–Crippen MR) is 140 cm³/mol. The molecule has 1 aliphatic rings. The van der Waals surface area contributed by atoms with Gasteiger partial charge in [-0.25, -0.2) is 5.43 Å². The molecule has 4 aromatic rings. The number of carbonyl (C=O) groups is 1. The van der Waals surface area contributed by atoms with Crippen molar-refractivity contribution in [2.45, 2.75) is 38.3 Å². The van der Waals surface area contributed by atoms with Crippen molar-refractivity contribution in [2.24, 2.45) is 10.1 Å². The van der Waals surface area contributed by atoms with Gasteiger partial charge in [-0.15, -0.1) is 21.5 Å². The zero-order valence-electron chi connectivity index (χ0n) is 19.9. The summed E-state index contributed by atoms with van der Waals surface area (Å²) in [6.07, 6.45) is 1.17. The third kappa shape index (κ3) is 4.92. The summed E-state index contributed by atoms with van der Waals surface area (Å²) in [7, 11) is 0. The Kier molecular flexibility index (Phi) is 6.90. The number of amides is 1. The van der Waals surface area contributed by atoms with Gasteiger partial charge in [-0.1, -0.05) is 23.7 Å². The largest absolute Gasteiger partial charge is 0.766 e. The van der Waals surface area contributed by atoms with E-state index >= 15 is 0 Å². The van der Waals surface area contributed by atoms with Crippen molar-refractivity contribution in [2.75, 3.05) is 0 Å². The Morgan fingerprint density at radius 2 is 2.00 bits per heavy atom. The van der Waals surface area contributed by atoms with Gasteiger partial charge in [0, 0.05) is 32.1 Å². The minimum atomic E-state index is -2.49. The van der Waals surface area contributed by atoms with Gasteiger partial charge < -0.3 is 8.97 Å².